The Bertz CT molecular complexity index is 676. The van der Waals surface area contributed by atoms with Gasteiger partial charge in [-0.3, -0.25) is 9.48 Å². The Balaban J connectivity index is 1.71. The van der Waals surface area contributed by atoms with Crippen LogP contribution in [0.4, 0.5) is 0 Å². The van der Waals surface area contributed by atoms with Crippen LogP contribution in [-0.2, 0) is 22.7 Å². The number of carbonyl (C=O) groups excluding carboxylic acids is 1. The fraction of sp³-hybridized carbons (Fsp3) is 0.870. The van der Waals surface area contributed by atoms with Gasteiger partial charge >= 0.3 is 0 Å². The average Bonchev–Trinajstić information content (AvgIpc) is 3.22. The van der Waals surface area contributed by atoms with E-state index >= 15 is 0 Å². The number of ether oxygens (including phenoxy) is 1. The van der Waals surface area contributed by atoms with E-state index in [0.717, 1.165) is 24.7 Å². The van der Waals surface area contributed by atoms with E-state index in [0.29, 0.717) is 32.5 Å². The Kier molecular flexibility index (Phi) is 9.29. The highest BCUT2D eigenvalue weighted by molar-refractivity contribution is 5.76. The summed E-state index contributed by atoms with van der Waals surface area (Å²) in [7, 11) is 2.18. The second-order valence-electron chi connectivity index (χ2n) is 9.71. The molecule has 1 aliphatic carbocycles. The number of amides is 1. The second-order valence-corrected chi connectivity index (χ2v) is 9.71. The van der Waals surface area contributed by atoms with Crippen molar-refractivity contribution in [2.75, 3.05) is 33.3 Å². The van der Waals surface area contributed by atoms with E-state index in [2.05, 4.69) is 29.2 Å². The molecule has 2 bridgehead atoms. The molecule has 0 spiro atoms. The van der Waals surface area contributed by atoms with E-state index in [1.54, 1.807) is 4.68 Å². The average molecular weight is 436 g/mol. The third-order valence-electron chi connectivity index (χ3n) is 6.83. The van der Waals surface area contributed by atoms with Crippen molar-refractivity contribution in [1.82, 2.24) is 24.8 Å². The van der Waals surface area contributed by atoms with Gasteiger partial charge in [0.15, 0.2) is 0 Å². The third kappa shape index (κ3) is 7.26. The minimum atomic E-state index is -0.196. The Morgan fingerprint density at radius 1 is 1.26 bits per heavy atom. The van der Waals surface area contributed by atoms with Gasteiger partial charge in [-0.15, -0.1) is 5.10 Å². The van der Waals surface area contributed by atoms with Gasteiger partial charge in [0.05, 0.1) is 31.6 Å². The number of aryl methyl sites for hydroxylation is 1. The van der Waals surface area contributed by atoms with Gasteiger partial charge in [0, 0.05) is 38.5 Å². The number of carbonyl (C=O) groups is 1. The first-order valence-electron chi connectivity index (χ1n) is 12.1. The number of rotatable bonds is 6. The molecule has 0 unspecified atom stereocenters. The molecular formula is C23H41N5O3. The molecule has 2 heterocycles. The van der Waals surface area contributed by atoms with Crippen LogP contribution in [0.15, 0.2) is 6.20 Å². The molecular weight excluding hydrogens is 394 g/mol. The number of fused-ring (bicyclic) bond motifs is 2. The lowest BCUT2D eigenvalue weighted by Crippen LogP contribution is -2.47. The summed E-state index contributed by atoms with van der Waals surface area (Å²) in [4.78, 5) is 17.2. The van der Waals surface area contributed by atoms with E-state index in [1.807, 2.05) is 18.0 Å². The maximum absolute atomic E-state index is 12.9. The van der Waals surface area contributed by atoms with Crippen LogP contribution in [0, 0.1) is 11.8 Å². The maximum atomic E-state index is 12.9. The van der Waals surface area contributed by atoms with E-state index in [4.69, 9.17) is 4.74 Å². The van der Waals surface area contributed by atoms with Crippen LogP contribution in [0.2, 0.25) is 0 Å². The summed E-state index contributed by atoms with van der Waals surface area (Å²) in [5.74, 6) is 1.00. The van der Waals surface area contributed by atoms with Crippen molar-refractivity contribution >= 4 is 5.91 Å². The summed E-state index contributed by atoms with van der Waals surface area (Å²) in [5, 5.41) is 18.1. The zero-order valence-electron chi connectivity index (χ0n) is 19.6. The Labute approximate surface area is 186 Å². The Hall–Kier alpha value is -1.51. The van der Waals surface area contributed by atoms with E-state index in [9.17, 15) is 9.90 Å². The highest BCUT2D eigenvalue weighted by Gasteiger charge is 2.28. The number of aliphatic hydroxyl groups excluding tert-OH is 1. The van der Waals surface area contributed by atoms with Crippen molar-refractivity contribution in [1.29, 1.82) is 0 Å². The summed E-state index contributed by atoms with van der Waals surface area (Å²) >= 11 is 0. The minimum Gasteiger partial charge on any atom is -0.394 e. The Morgan fingerprint density at radius 3 is 2.77 bits per heavy atom. The van der Waals surface area contributed by atoms with Crippen molar-refractivity contribution in [3.63, 3.8) is 0 Å². The number of aliphatic hydroxyl groups is 1. The highest BCUT2D eigenvalue weighted by atomic mass is 16.5. The zero-order chi connectivity index (χ0) is 22.2. The molecule has 1 aromatic rings. The van der Waals surface area contributed by atoms with Crippen molar-refractivity contribution in [3.05, 3.63) is 11.9 Å². The molecule has 1 aromatic heterocycles. The molecule has 3 rings (SSSR count). The van der Waals surface area contributed by atoms with Crippen molar-refractivity contribution < 1.29 is 14.6 Å². The topological polar surface area (TPSA) is 83.7 Å². The van der Waals surface area contributed by atoms with Gasteiger partial charge < -0.3 is 19.6 Å². The molecule has 0 aromatic carbocycles. The van der Waals surface area contributed by atoms with Gasteiger partial charge in [-0.05, 0) is 39.2 Å². The molecule has 1 saturated carbocycles. The smallest absolute Gasteiger partial charge is 0.222 e. The minimum absolute atomic E-state index is 0.0271. The van der Waals surface area contributed by atoms with E-state index in [1.165, 1.54) is 32.1 Å². The van der Waals surface area contributed by atoms with Gasteiger partial charge in [-0.25, -0.2) is 0 Å². The molecule has 176 valence electrons. The first-order chi connectivity index (χ1) is 15.0. The molecule has 8 nitrogen and oxygen atoms in total. The van der Waals surface area contributed by atoms with E-state index < -0.39 is 0 Å². The van der Waals surface area contributed by atoms with E-state index in [-0.39, 0.29) is 30.6 Å². The highest BCUT2D eigenvalue weighted by Crippen LogP contribution is 2.25. The molecule has 0 radical (unpaired) electrons. The van der Waals surface area contributed by atoms with Gasteiger partial charge in [0.1, 0.15) is 5.69 Å². The summed E-state index contributed by atoms with van der Waals surface area (Å²) in [6.45, 7) is 7.63. The molecule has 31 heavy (non-hydrogen) atoms. The van der Waals surface area contributed by atoms with Crippen molar-refractivity contribution in [2.45, 2.75) is 84.1 Å². The monoisotopic (exact) mass is 435 g/mol. The zero-order valence-corrected chi connectivity index (χ0v) is 19.6. The molecule has 1 N–H and O–H groups in total. The molecule has 1 fully saturated rings. The van der Waals surface area contributed by atoms with Crippen LogP contribution < -0.4 is 0 Å². The lowest BCUT2D eigenvalue weighted by atomic mass is 9.89. The number of nitrogens with zero attached hydrogens (tertiary/aromatic N) is 5. The summed E-state index contributed by atoms with van der Waals surface area (Å²) in [6.07, 6.45) is 9.76. The Morgan fingerprint density at radius 2 is 2.03 bits per heavy atom. The molecule has 0 saturated heterocycles. The van der Waals surface area contributed by atoms with Gasteiger partial charge in [0.2, 0.25) is 5.91 Å². The lowest BCUT2D eigenvalue weighted by molar-refractivity contribution is -0.136. The molecule has 2 aliphatic rings. The maximum Gasteiger partial charge on any atom is 0.222 e. The van der Waals surface area contributed by atoms with Crippen LogP contribution in [0.1, 0.15) is 64.5 Å². The fourth-order valence-electron chi connectivity index (χ4n) is 4.89. The van der Waals surface area contributed by atoms with Crippen LogP contribution >= 0.6 is 0 Å². The molecule has 8 heteroatoms. The number of likely N-dealkylation sites (N-methyl/N-ethyl adjacent to an activating group) is 1. The normalized spacial score (nSPS) is 25.7. The summed E-state index contributed by atoms with van der Waals surface area (Å²) in [6, 6.07) is -0.196. The van der Waals surface area contributed by atoms with Crippen molar-refractivity contribution in [2.24, 2.45) is 11.8 Å². The predicted octanol–water partition coefficient (Wildman–Crippen LogP) is 2.31. The van der Waals surface area contributed by atoms with Gasteiger partial charge in [-0.2, -0.15) is 0 Å². The molecule has 1 aliphatic heterocycles. The summed E-state index contributed by atoms with van der Waals surface area (Å²) in [5.41, 5.74) is 0.832. The van der Waals surface area contributed by atoms with Gasteiger partial charge in [0.25, 0.3) is 0 Å². The largest absolute Gasteiger partial charge is 0.394 e. The predicted molar refractivity (Wildman–Crippen MR) is 119 cm³/mol. The van der Waals surface area contributed by atoms with Crippen LogP contribution in [-0.4, -0.2) is 81.2 Å². The lowest BCUT2D eigenvalue weighted by Gasteiger charge is -2.36. The molecule has 1 amide bonds. The number of aromatic nitrogens is 3. The standard InChI is InChI=1S/C23H41N5O3/c1-18-12-28(19(2)16-29)23(30)10-7-11-27-14-21(24-25-27)17-31-22(18)15-26(3)13-20-8-5-4-6-9-20/h14,18-20,22,29H,4-13,15-17H2,1-3H3/t18-,19-,22+/m1/s1. The fourth-order valence-corrected chi connectivity index (χ4v) is 4.89. The quantitative estimate of drug-likeness (QED) is 0.738. The number of hydrogen-bond acceptors (Lipinski definition) is 6. The van der Waals surface area contributed by atoms with Crippen LogP contribution in [0.25, 0.3) is 0 Å². The second kappa shape index (κ2) is 11.9. The van der Waals surface area contributed by atoms with Crippen LogP contribution in [0.3, 0.4) is 0 Å². The first kappa shape index (κ1) is 24.1. The SMILES string of the molecule is C[C@@H]1CN([C@H](C)CO)C(=O)CCCn2cc(nn2)CO[C@H]1CN(C)CC1CCCCC1. The molecule has 3 atom stereocenters. The van der Waals surface area contributed by atoms with Crippen LogP contribution in [0.5, 0.6) is 0 Å². The third-order valence-corrected chi connectivity index (χ3v) is 6.83. The number of hydrogen-bond donors (Lipinski definition) is 1. The van der Waals surface area contributed by atoms with Gasteiger partial charge in [-0.1, -0.05) is 31.4 Å². The summed E-state index contributed by atoms with van der Waals surface area (Å²) < 4.78 is 8.15. The first-order valence-corrected chi connectivity index (χ1v) is 12.1. The van der Waals surface area contributed by atoms with Crippen molar-refractivity contribution in [3.8, 4) is 0 Å².